The van der Waals surface area contributed by atoms with Crippen LogP contribution in [0, 0.1) is 0 Å². The molecule has 0 aliphatic carbocycles. The van der Waals surface area contributed by atoms with Gasteiger partial charge < -0.3 is 24.6 Å². The number of nitrogens with zero attached hydrogens (tertiary/aromatic N) is 4. The van der Waals surface area contributed by atoms with E-state index >= 15 is 0 Å². The molecular formula is C24H27N5O3. The number of rotatable bonds is 6. The molecule has 32 heavy (non-hydrogen) atoms. The van der Waals surface area contributed by atoms with Crippen molar-refractivity contribution in [3.63, 3.8) is 0 Å². The number of carbonyl (C=O) groups is 1. The van der Waals surface area contributed by atoms with Crippen molar-refractivity contribution in [3.05, 3.63) is 60.7 Å². The highest BCUT2D eigenvalue weighted by molar-refractivity contribution is 5.89. The standard InChI is InChI=1S/C24H27N5O3/c1-3-32-20-9-7-18(8-10-20)22-11-12-23(27-26-22)28-13-15-29(16-14-28)24(30)25-19-5-4-6-21(17-19)31-2/h4-12,17H,3,13-16H2,1-2H3,(H,25,30). The van der Waals surface area contributed by atoms with Crippen molar-refractivity contribution in [2.75, 3.05) is 50.1 Å². The highest BCUT2D eigenvalue weighted by Crippen LogP contribution is 2.22. The molecule has 0 unspecified atom stereocenters. The van der Waals surface area contributed by atoms with Crippen molar-refractivity contribution in [1.82, 2.24) is 15.1 Å². The number of amides is 2. The molecular weight excluding hydrogens is 406 g/mol. The zero-order valence-corrected chi connectivity index (χ0v) is 18.3. The van der Waals surface area contributed by atoms with Gasteiger partial charge in [-0.3, -0.25) is 0 Å². The molecule has 8 nitrogen and oxygen atoms in total. The smallest absolute Gasteiger partial charge is 0.321 e. The highest BCUT2D eigenvalue weighted by atomic mass is 16.5. The van der Waals surface area contributed by atoms with Crippen LogP contribution in [0.5, 0.6) is 11.5 Å². The van der Waals surface area contributed by atoms with Crippen LogP contribution in [0.3, 0.4) is 0 Å². The van der Waals surface area contributed by atoms with Crippen LogP contribution in [-0.4, -0.2) is 61.0 Å². The lowest BCUT2D eigenvalue weighted by Crippen LogP contribution is -2.50. The minimum Gasteiger partial charge on any atom is -0.497 e. The lowest BCUT2D eigenvalue weighted by molar-refractivity contribution is 0.208. The van der Waals surface area contributed by atoms with Gasteiger partial charge in [-0.2, -0.15) is 0 Å². The van der Waals surface area contributed by atoms with Gasteiger partial charge in [0.05, 0.1) is 19.4 Å². The second kappa shape index (κ2) is 10.00. The Morgan fingerprint density at radius 3 is 2.41 bits per heavy atom. The number of hydrogen-bond donors (Lipinski definition) is 1. The van der Waals surface area contributed by atoms with Gasteiger partial charge in [-0.25, -0.2) is 4.79 Å². The maximum Gasteiger partial charge on any atom is 0.321 e. The van der Waals surface area contributed by atoms with Gasteiger partial charge in [0.1, 0.15) is 11.5 Å². The minimum absolute atomic E-state index is 0.116. The molecule has 0 saturated carbocycles. The first kappa shape index (κ1) is 21.4. The summed E-state index contributed by atoms with van der Waals surface area (Å²) < 4.78 is 10.7. The van der Waals surface area contributed by atoms with E-state index < -0.39 is 0 Å². The Morgan fingerprint density at radius 1 is 0.969 bits per heavy atom. The molecule has 2 aromatic carbocycles. The third-order valence-corrected chi connectivity index (χ3v) is 5.32. The quantitative estimate of drug-likeness (QED) is 0.635. The van der Waals surface area contributed by atoms with Crippen LogP contribution in [0.4, 0.5) is 16.3 Å². The van der Waals surface area contributed by atoms with E-state index in [1.54, 1.807) is 18.1 Å². The number of urea groups is 1. The molecule has 4 rings (SSSR count). The predicted molar refractivity (Wildman–Crippen MR) is 124 cm³/mol. The summed E-state index contributed by atoms with van der Waals surface area (Å²) in [4.78, 5) is 16.5. The molecule has 1 N–H and O–H groups in total. The number of carbonyl (C=O) groups excluding carboxylic acids is 1. The van der Waals surface area contributed by atoms with Gasteiger partial charge >= 0.3 is 6.03 Å². The summed E-state index contributed by atoms with van der Waals surface area (Å²) in [5.74, 6) is 2.36. The second-order valence-corrected chi connectivity index (χ2v) is 7.37. The van der Waals surface area contributed by atoms with E-state index in [1.165, 1.54) is 0 Å². The number of aromatic nitrogens is 2. The van der Waals surface area contributed by atoms with E-state index in [0.29, 0.717) is 44.2 Å². The Bertz CT molecular complexity index is 1030. The normalized spacial score (nSPS) is 13.6. The van der Waals surface area contributed by atoms with Gasteiger partial charge in [-0.05, 0) is 55.5 Å². The summed E-state index contributed by atoms with van der Waals surface area (Å²) in [6.07, 6.45) is 0. The Hall–Kier alpha value is -3.81. The van der Waals surface area contributed by atoms with Crippen molar-refractivity contribution in [2.45, 2.75) is 6.92 Å². The van der Waals surface area contributed by atoms with Gasteiger partial charge in [0, 0.05) is 43.5 Å². The molecule has 8 heteroatoms. The number of methoxy groups -OCH3 is 1. The highest BCUT2D eigenvalue weighted by Gasteiger charge is 2.22. The average Bonchev–Trinajstić information content (AvgIpc) is 2.85. The van der Waals surface area contributed by atoms with E-state index in [9.17, 15) is 4.79 Å². The fourth-order valence-corrected chi connectivity index (χ4v) is 3.58. The minimum atomic E-state index is -0.116. The van der Waals surface area contributed by atoms with E-state index in [4.69, 9.17) is 9.47 Å². The number of nitrogens with one attached hydrogen (secondary N) is 1. The first-order valence-corrected chi connectivity index (χ1v) is 10.7. The first-order chi connectivity index (χ1) is 15.7. The molecule has 2 heterocycles. The van der Waals surface area contributed by atoms with Gasteiger partial charge in [-0.1, -0.05) is 6.07 Å². The van der Waals surface area contributed by atoms with Gasteiger partial charge in [-0.15, -0.1) is 10.2 Å². The zero-order chi connectivity index (χ0) is 22.3. The third kappa shape index (κ3) is 5.08. The number of ether oxygens (including phenoxy) is 2. The number of hydrogen-bond acceptors (Lipinski definition) is 6. The van der Waals surface area contributed by atoms with E-state index in [2.05, 4.69) is 20.4 Å². The molecule has 1 fully saturated rings. The summed E-state index contributed by atoms with van der Waals surface area (Å²) in [6, 6.07) is 19.0. The van der Waals surface area contributed by atoms with Crippen molar-refractivity contribution >= 4 is 17.5 Å². The molecule has 2 amide bonds. The molecule has 0 bridgehead atoms. The third-order valence-electron chi connectivity index (χ3n) is 5.32. The zero-order valence-electron chi connectivity index (χ0n) is 18.3. The second-order valence-electron chi connectivity index (χ2n) is 7.37. The molecule has 1 aliphatic heterocycles. The summed E-state index contributed by atoms with van der Waals surface area (Å²) >= 11 is 0. The number of benzene rings is 2. The molecule has 1 saturated heterocycles. The molecule has 0 atom stereocenters. The van der Waals surface area contributed by atoms with Gasteiger partial charge in [0.25, 0.3) is 0 Å². The van der Waals surface area contributed by atoms with E-state index in [0.717, 1.165) is 22.8 Å². The number of anilines is 2. The van der Waals surface area contributed by atoms with E-state index in [1.807, 2.05) is 61.5 Å². The molecule has 1 aliphatic rings. The molecule has 1 aromatic heterocycles. The SMILES string of the molecule is CCOc1ccc(-c2ccc(N3CCN(C(=O)Nc4cccc(OC)c4)CC3)nn2)cc1. The van der Waals surface area contributed by atoms with Crippen LogP contribution in [0.25, 0.3) is 11.3 Å². The Balaban J connectivity index is 1.32. The largest absolute Gasteiger partial charge is 0.497 e. The summed E-state index contributed by atoms with van der Waals surface area (Å²) in [5, 5.41) is 11.7. The van der Waals surface area contributed by atoms with Crippen LogP contribution in [0.15, 0.2) is 60.7 Å². The maximum atomic E-state index is 12.6. The first-order valence-electron chi connectivity index (χ1n) is 10.7. The summed E-state index contributed by atoms with van der Waals surface area (Å²) in [7, 11) is 1.60. The van der Waals surface area contributed by atoms with Crippen molar-refractivity contribution in [3.8, 4) is 22.8 Å². The topological polar surface area (TPSA) is 79.8 Å². The molecule has 166 valence electrons. The Kier molecular flexibility index (Phi) is 6.69. The molecule has 0 radical (unpaired) electrons. The van der Waals surface area contributed by atoms with Crippen LogP contribution < -0.4 is 19.7 Å². The lowest BCUT2D eigenvalue weighted by atomic mass is 10.1. The van der Waals surface area contributed by atoms with Crippen LogP contribution in [0.2, 0.25) is 0 Å². The van der Waals surface area contributed by atoms with E-state index in [-0.39, 0.29) is 6.03 Å². The van der Waals surface area contributed by atoms with Gasteiger partial charge in [0.15, 0.2) is 5.82 Å². The fourth-order valence-electron chi connectivity index (χ4n) is 3.58. The lowest BCUT2D eigenvalue weighted by Gasteiger charge is -2.35. The maximum absolute atomic E-state index is 12.6. The summed E-state index contributed by atoms with van der Waals surface area (Å²) in [6.45, 7) is 5.22. The molecule has 0 spiro atoms. The van der Waals surface area contributed by atoms with Crippen LogP contribution in [0.1, 0.15) is 6.92 Å². The predicted octanol–water partition coefficient (Wildman–Crippen LogP) is 3.91. The monoisotopic (exact) mass is 433 g/mol. The summed E-state index contributed by atoms with van der Waals surface area (Å²) in [5.41, 5.74) is 2.52. The molecule has 3 aromatic rings. The van der Waals surface area contributed by atoms with Crippen LogP contribution in [-0.2, 0) is 0 Å². The van der Waals surface area contributed by atoms with Crippen molar-refractivity contribution in [2.24, 2.45) is 0 Å². The van der Waals surface area contributed by atoms with Crippen LogP contribution >= 0.6 is 0 Å². The Morgan fingerprint density at radius 2 is 1.75 bits per heavy atom. The van der Waals surface area contributed by atoms with Gasteiger partial charge in [0.2, 0.25) is 0 Å². The fraction of sp³-hybridized carbons (Fsp3) is 0.292. The average molecular weight is 434 g/mol. The van der Waals surface area contributed by atoms with Crippen molar-refractivity contribution < 1.29 is 14.3 Å². The number of piperazine rings is 1. The Labute approximate surface area is 187 Å². The van der Waals surface area contributed by atoms with Crippen molar-refractivity contribution in [1.29, 1.82) is 0 Å².